The molecule has 1 unspecified atom stereocenters. The molecule has 7 nitrogen and oxygen atoms in total. The highest BCUT2D eigenvalue weighted by atomic mass is 32.2. The summed E-state index contributed by atoms with van der Waals surface area (Å²) in [5.74, 6) is -1.49. The predicted octanol–water partition coefficient (Wildman–Crippen LogP) is 1.09. The summed E-state index contributed by atoms with van der Waals surface area (Å²) in [5, 5.41) is 9.12. The van der Waals surface area contributed by atoms with Crippen LogP contribution in [0.25, 0.3) is 0 Å². The minimum atomic E-state index is -3.88. The average Bonchev–Trinajstić information content (AvgIpc) is 2.46. The number of rotatable bonds is 6. The first kappa shape index (κ1) is 16.6. The number of carbonyl (C=O) groups is 1. The van der Waals surface area contributed by atoms with Crippen LogP contribution in [0, 0.1) is 11.8 Å². The molecule has 0 bridgehead atoms. The molecule has 1 atom stereocenters. The Morgan fingerprint density at radius 1 is 1.32 bits per heavy atom. The standard InChI is InChI=1S/C14H19NO6S/c1-9(2)10(14(16)17)8-15-22(18,19)12-5-3-4-11-13(12)21-7-6-20-11/h3-5,9-10,15H,6-8H2,1-2H3,(H,16,17). The molecule has 0 aliphatic carbocycles. The Labute approximate surface area is 129 Å². The maximum Gasteiger partial charge on any atom is 0.308 e. The van der Waals surface area contributed by atoms with Crippen molar-refractivity contribution in [2.75, 3.05) is 19.8 Å². The molecule has 0 aromatic heterocycles. The van der Waals surface area contributed by atoms with Crippen LogP contribution in [0.4, 0.5) is 0 Å². The first-order chi connectivity index (χ1) is 10.3. The van der Waals surface area contributed by atoms with E-state index in [0.717, 1.165) is 0 Å². The molecule has 0 saturated carbocycles. The Balaban J connectivity index is 2.23. The van der Waals surface area contributed by atoms with E-state index in [1.165, 1.54) is 6.07 Å². The second-order valence-corrected chi connectivity index (χ2v) is 7.06. The summed E-state index contributed by atoms with van der Waals surface area (Å²) in [4.78, 5) is 11.1. The van der Waals surface area contributed by atoms with Gasteiger partial charge in [-0.3, -0.25) is 4.79 Å². The zero-order valence-electron chi connectivity index (χ0n) is 12.4. The van der Waals surface area contributed by atoms with Crippen LogP contribution in [-0.4, -0.2) is 39.3 Å². The molecule has 1 aliphatic heterocycles. The number of ether oxygens (including phenoxy) is 2. The van der Waals surface area contributed by atoms with Crippen molar-refractivity contribution in [1.29, 1.82) is 0 Å². The van der Waals surface area contributed by atoms with Crippen LogP contribution in [0.3, 0.4) is 0 Å². The van der Waals surface area contributed by atoms with Crippen molar-refractivity contribution >= 4 is 16.0 Å². The Kier molecular flexibility index (Phi) is 4.92. The minimum Gasteiger partial charge on any atom is -0.486 e. The molecule has 0 spiro atoms. The maximum atomic E-state index is 12.4. The molecule has 1 aromatic rings. The summed E-state index contributed by atoms with van der Waals surface area (Å²) in [6, 6.07) is 4.59. The monoisotopic (exact) mass is 329 g/mol. The number of hydrogen-bond donors (Lipinski definition) is 2. The van der Waals surface area contributed by atoms with E-state index in [0.29, 0.717) is 12.4 Å². The van der Waals surface area contributed by atoms with Crippen molar-refractivity contribution in [2.45, 2.75) is 18.7 Å². The van der Waals surface area contributed by atoms with E-state index < -0.39 is 21.9 Å². The minimum absolute atomic E-state index is 0.0439. The number of hydrogen-bond acceptors (Lipinski definition) is 5. The molecule has 0 radical (unpaired) electrons. The van der Waals surface area contributed by atoms with Crippen molar-refractivity contribution in [1.82, 2.24) is 4.72 Å². The summed E-state index contributed by atoms with van der Waals surface area (Å²) >= 11 is 0. The van der Waals surface area contributed by atoms with Gasteiger partial charge in [-0.1, -0.05) is 19.9 Å². The number of sulfonamides is 1. The number of nitrogens with one attached hydrogen (secondary N) is 1. The van der Waals surface area contributed by atoms with Crippen LogP contribution in [0.1, 0.15) is 13.8 Å². The smallest absolute Gasteiger partial charge is 0.308 e. The van der Waals surface area contributed by atoms with Gasteiger partial charge in [0.25, 0.3) is 0 Å². The average molecular weight is 329 g/mol. The molecule has 2 N–H and O–H groups in total. The highest BCUT2D eigenvalue weighted by Gasteiger charge is 2.28. The second-order valence-electron chi connectivity index (χ2n) is 5.32. The van der Waals surface area contributed by atoms with Crippen LogP contribution in [-0.2, 0) is 14.8 Å². The summed E-state index contributed by atoms with van der Waals surface area (Å²) in [7, 11) is -3.88. The number of benzene rings is 1. The Bertz CT molecular complexity index is 655. The number of carboxylic acid groups (broad SMARTS) is 1. The van der Waals surface area contributed by atoms with Crippen LogP contribution in [0.2, 0.25) is 0 Å². The molecule has 1 aromatic carbocycles. The van der Waals surface area contributed by atoms with Gasteiger partial charge in [0.15, 0.2) is 11.5 Å². The van der Waals surface area contributed by atoms with Gasteiger partial charge >= 0.3 is 5.97 Å². The van der Waals surface area contributed by atoms with E-state index in [9.17, 15) is 13.2 Å². The van der Waals surface area contributed by atoms with Crippen molar-refractivity contribution in [3.63, 3.8) is 0 Å². The van der Waals surface area contributed by atoms with E-state index >= 15 is 0 Å². The summed E-state index contributed by atoms with van der Waals surface area (Å²) in [6.07, 6.45) is 0. The predicted molar refractivity (Wildman–Crippen MR) is 78.6 cm³/mol. The van der Waals surface area contributed by atoms with Gasteiger partial charge in [0.1, 0.15) is 18.1 Å². The third-order valence-electron chi connectivity index (χ3n) is 3.43. The summed E-state index contributed by atoms with van der Waals surface area (Å²) < 4.78 is 37.9. The zero-order valence-corrected chi connectivity index (χ0v) is 13.2. The van der Waals surface area contributed by atoms with Crippen molar-refractivity contribution < 1.29 is 27.8 Å². The van der Waals surface area contributed by atoms with Crippen molar-refractivity contribution in [3.05, 3.63) is 18.2 Å². The third kappa shape index (κ3) is 3.50. The van der Waals surface area contributed by atoms with E-state index in [-0.39, 0.29) is 29.7 Å². The van der Waals surface area contributed by atoms with Gasteiger partial charge < -0.3 is 14.6 Å². The molecule has 0 saturated heterocycles. The van der Waals surface area contributed by atoms with Crippen LogP contribution < -0.4 is 14.2 Å². The molecule has 2 rings (SSSR count). The molecular formula is C14H19NO6S. The molecule has 0 amide bonds. The quantitative estimate of drug-likeness (QED) is 0.810. The van der Waals surface area contributed by atoms with E-state index in [1.807, 2.05) is 0 Å². The second kappa shape index (κ2) is 6.53. The summed E-state index contributed by atoms with van der Waals surface area (Å²) in [6.45, 7) is 3.91. The molecule has 122 valence electrons. The molecule has 1 aliphatic rings. The Hall–Kier alpha value is -1.80. The first-order valence-electron chi connectivity index (χ1n) is 6.94. The maximum absolute atomic E-state index is 12.4. The van der Waals surface area contributed by atoms with Crippen LogP contribution in [0.5, 0.6) is 11.5 Å². The van der Waals surface area contributed by atoms with Gasteiger partial charge in [0.05, 0.1) is 5.92 Å². The lowest BCUT2D eigenvalue weighted by atomic mass is 9.97. The number of para-hydroxylation sites is 1. The fourth-order valence-electron chi connectivity index (χ4n) is 2.14. The topological polar surface area (TPSA) is 102 Å². The van der Waals surface area contributed by atoms with Gasteiger partial charge in [-0.05, 0) is 18.1 Å². The number of carboxylic acids is 1. The van der Waals surface area contributed by atoms with Gasteiger partial charge in [-0.2, -0.15) is 0 Å². The normalized spacial score (nSPS) is 15.6. The molecular weight excluding hydrogens is 310 g/mol. The van der Waals surface area contributed by atoms with Gasteiger partial charge in [-0.25, -0.2) is 13.1 Å². The molecule has 8 heteroatoms. The highest BCUT2D eigenvalue weighted by Crippen LogP contribution is 2.36. The SMILES string of the molecule is CC(C)C(CNS(=O)(=O)c1cccc2c1OCCO2)C(=O)O. The van der Waals surface area contributed by atoms with Crippen molar-refractivity contribution in [3.8, 4) is 11.5 Å². The van der Waals surface area contributed by atoms with E-state index in [2.05, 4.69) is 4.72 Å². The number of fused-ring (bicyclic) bond motifs is 1. The zero-order chi connectivity index (χ0) is 16.3. The largest absolute Gasteiger partial charge is 0.486 e. The molecule has 1 heterocycles. The number of aliphatic carboxylic acids is 1. The van der Waals surface area contributed by atoms with Crippen LogP contribution in [0.15, 0.2) is 23.1 Å². The highest BCUT2D eigenvalue weighted by molar-refractivity contribution is 7.89. The molecule has 22 heavy (non-hydrogen) atoms. The fourth-order valence-corrected chi connectivity index (χ4v) is 3.36. The molecule has 0 fully saturated rings. The lowest BCUT2D eigenvalue weighted by molar-refractivity contribution is -0.142. The lowest BCUT2D eigenvalue weighted by Gasteiger charge is -2.22. The Morgan fingerprint density at radius 2 is 2.00 bits per heavy atom. The third-order valence-corrected chi connectivity index (χ3v) is 4.88. The fraction of sp³-hybridized carbons (Fsp3) is 0.500. The van der Waals surface area contributed by atoms with E-state index in [4.69, 9.17) is 14.6 Å². The van der Waals surface area contributed by atoms with E-state index in [1.54, 1.807) is 26.0 Å². The van der Waals surface area contributed by atoms with Crippen LogP contribution >= 0.6 is 0 Å². The van der Waals surface area contributed by atoms with Gasteiger partial charge in [0, 0.05) is 6.54 Å². The summed E-state index contributed by atoms with van der Waals surface area (Å²) in [5.41, 5.74) is 0. The first-order valence-corrected chi connectivity index (χ1v) is 8.42. The van der Waals surface area contributed by atoms with Gasteiger partial charge in [-0.15, -0.1) is 0 Å². The van der Waals surface area contributed by atoms with Crippen molar-refractivity contribution in [2.24, 2.45) is 11.8 Å². The van der Waals surface area contributed by atoms with Gasteiger partial charge in [0.2, 0.25) is 10.0 Å². The Morgan fingerprint density at radius 3 is 2.64 bits per heavy atom. The lowest BCUT2D eigenvalue weighted by Crippen LogP contribution is -2.35.